The van der Waals surface area contributed by atoms with Crippen LogP contribution in [0, 0.1) is 6.92 Å². The molecule has 0 radical (unpaired) electrons. The minimum atomic E-state index is -4.24. The molecule has 0 aromatic heterocycles. The fourth-order valence-corrected chi connectivity index (χ4v) is 1.98. The molecule has 1 aromatic carbocycles. The second kappa shape index (κ2) is 6.74. The molecule has 0 aliphatic carbocycles. The van der Waals surface area contributed by atoms with Gasteiger partial charge >= 0.3 is 11.5 Å². The Kier molecular flexibility index (Phi) is 5.55. The van der Waals surface area contributed by atoms with E-state index in [1.54, 1.807) is 13.0 Å². The standard InChI is InChI=1S/C12H15F3N2O2S/c1-7-5-8(17-3-4-20-12(13,14)15)6-9(10(7)16)11(18)19-2/h5-6,17H,3-4,16H2,1-2H3. The summed E-state index contributed by atoms with van der Waals surface area (Å²) in [6.07, 6.45) is 0. The van der Waals surface area contributed by atoms with Crippen molar-refractivity contribution in [2.45, 2.75) is 12.4 Å². The normalized spacial score (nSPS) is 11.2. The van der Waals surface area contributed by atoms with Crippen LogP contribution in [0.5, 0.6) is 0 Å². The van der Waals surface area contributed by atoms with Crippen molar-refractivity contribution in [1.29, 1.82) is 0 Å². The molecule has 0 fully saturated rings. The van der Waals surface area contributed by atoms with E-state index < -0.39 is 11.5 Å². The number of benzene rings is 1. The number of nitrogens with two attached hydrogens (primary N) is 1. The highest BCUT2D eigenvalue weighted by atomic mass is 32.2. The zero-order valence-corrected chi connectivity index (χ0v) is 11.8. The third-order valence-electron chi connectivity index (χ3n) is 2.49. The first-order chi connectivity index (χ1) is 9.24. The molecule has 112 valence electrons. The molecule has 0 spiro atoms. The highest BCUT2D eigenvalue weighted by Crippen LogP contribution is 2.30. The van der Waals surface area contributed by atoms with Gasteiger partial charge in [-0.05, 0) is 36.4 Å². The van der Waals surface area contributed by atoms with E-state index in [0.717, 1.165) is 0 Å². The first-order valence-corrected chi connectivity index (χ1v) is 6.66. The lowest BCUT2D eigenvalue weighted by atomic mass is 10.1. The lowest BCUT2D eigenvalue weighted by molar-refractivity contribution is -0.0327. The first-order valence-electron chi connectivity index (χ1n) is 5.67. The molecule has 3 N–H and O–H groups in total. The number of aryl methyl sites for hydroxylation is 1. The Labute approximate surface area is 118 Å². The fraction of sp³-hybridized carbons (Fsp3) is 0.417. The summed E-state index contributed by atoms with van der Waals surface area (Å²) in [5.41, 5.74) is 3.19. The van der Waals surface area contributed by atoms with Crippen LogP contribution in [0.2, 0.25) is 0 Å². The number of rotatable bonds is 5. The molecule has 0 heterocycles. The summed E-state index contributed by atoms with van der Waals surface area (Å²) in [6.45, 7) is 1.82. The summed E-state index contributed by atoms with van der Waals surface area (Å²) in [5.74, 6) is -0.709. The van der Waals surface area contributed by atoms with E-state index >= 15 is 0 Å². The zero-order chi connectivity index (χ0) is 15.3. The van der Waals surface area contributed by atoms with Crippen molar-refractivity contribution in [2.75, 3.05) is 30.5 Å². The molecule has 0 amide bonds. The van der Waals surface area contributed by atoms with Crippen LogP contribution in [0.4, 0.5) is 24.5 Å². The third kappa shape index (κ3) is 4.84. The molecule has 1 aromatic rings. The second-order valence-corrected chi connectivity index (χ2v) is 5.13. The number of methoxy groups -OCH3 is 1. The van der Waals surface area contributed by atoms with E-state index in [1.807, 2.05) is 0 Å². The van der Waals surface area contributed by atoms with Crippen LogP contribution < -0.4 is 11.1 Å². The zero-order valence-electron chi connectivity index (χ0n) is 11.0. The summed E-state index contributed by atoms with van der Waals surface area (Å²) in [6, 6.07) is 3.13. The molecule has 0 unspecified atom stereocenters. The summed E-state index contributed by atoms with van der Waals surface area (Å²) in [4.78, 5) is 11.5. The van der Waals surface area contributed by atoms with E-state index in [1.165, 1.54) is 13.2 Å². The van der Waals surface area contributed by atoms with Gasteiger partial charge in [0.1, 0.15) is 0 Å². The molecule has 0 aliphatic rings. The molecule has 0 saturated heterocycles. The maximum atomic E-state index is 12.0. The number of hydrogen-bond donors (Lipinski definition) is 2. The van der Waals surface area contributed by atoms with Crippen molar-refractivity contribution in [3.05, 3.63) is 23.3 Å². The number of alkyl halides is 3. The van der Waals surface area contributed by atoms with Gasteiger partial charge in [-0.1, -0.05) is 0 Å². The van der Waals surface area contributed by atoms with Crippen LogP contribution in [0.1, 0.15) is 15.9 Å². The molecule has 0 saturated carbocycles. The van der Waals surface area contributed by atoms with Gasteiger partial charge in [0, 0.05) is 23.7 Å². The highest BCUT2D eigenvalue weighted by Gasteiger charge is 2.27. The average Bonchev–Trinajstić information content (AvgIpc) is 2.36. The number of thioether (sulfide) groups is 1. The van der Waals surface area contributed by atoms with Crippen LogP contribution in [-0.4, -0.2) is 30.9 Å². The Morgan fingerprint density at radius 1 is 1.45 bits per heavy atom. The van der Waals surface area contributed by atoms with Gasteiger partial charge in [-0.3, -0.25) is 0 Å². The summed E-state index contributed by atoms with van der Waals surface area (Å²) < 4.78 is 40.5. The molecule has 0 bridgehead atoms. The summed E-state index contributed by atoms with van der Waals surface area (Å²) >= 11 is -0.104. The number of nitrogen functional groups attached to an aromatic ring is 1. The minimum absolute atomic E-state index is 0.104. The van der Waals surface area contributed by atoms with Gasteiger partial charge in [0.15, 0.2) is 0 Å². The van der Waals surface area contributed by atoms with E-state index in [9.17, 15) is 18.0 Å². The van der Waals surface area contributed by atoms with Gasteiger partial charge in [-0.2, -0.15) is 13.2 Å². The van der Waals surface area contributed by atoms with Gasteiger partial charge in [-0.25, -0.2) is 4.79 Å². The quantitative estimate of drug-likeness (QED) is 0.497. The van der Waals surface area contributed by atoms with Crippen molar-refractivity contribution in [1.82, 2.24) is 0 Å². The van der Waals surface area contributed by atoms with Gasteiger partial charge in [0.2, 0.25) is 0 Å². The molecule has 1 rings (SSSR count). The van der Waals surface area contributed by atoms with Crippen molar-refractivity contribution < 1.29 is 22.7 Å². The Morgan fingerprint density at radius 3 is 2.65 bits per heavy atom. The Bertz CT molecular complexity index is 492. The van der Waals surface area contributed by atoms with Crippen LogP contribution in [0.3, 0.4) is 0 Å². The van der Waals surface area contributed by atoms with Crippen LogP contribution in [0.25, 0.3) is 0 Å². The molecule has 8 heteroatoms. The number of nitrogens with one attached hydrogen (secondary N) is 1. The lowest BCUT2D eigenvalue weighted by Crippen LogP contribution is -2.12. The third-order valence-corrected chi connectivity index (χ3v) is 3.22. The number of anilines is 2. The lowest BCUT2D eigenvalue weighted by Gasteiger charge is -2.12. The van der Waals surface area contributed by atoms with Gasteiger partial charge in [0.05, 0.1) is 12.7 Å². The minimum Gasteiger partial charge on any atom is -0.465 e. The predicted octanol–water partition coefficient (Wildman–Crippen LogP) is 3.03. The number of esters is 1. The monoisotopic (exact) mass is 308 g/mol. The number of ether oxygens (including phenoxy) is 1. The van der Waals surface area contributed by atoms with E-state index in [2.05, 4.69) is 10.1 Å². The Hall–Kier alpha value is -1.57. The largest absolute Gasteiger partial charge is 0.465 e. The topological polar surface area (TPSA) is 64.3 Å². The van der Waals surface area contributed by atoms with Crippen molar-refractivity contribution in [3.8, 4) is 0 Å². The average molecular weight is 308 g/mol. The van der Waals surface area contributed by atoms with Crippen molar-refractivity contribution >= 4 is 29.1 Å². The number of hydrogen-bond acceptors (Lipinski definition) is 5. The second-order valence-electron chi connectivity index (χ2n) is 3.97. The van der Waals surface area contributed by atoms with Crippen LogP contribution in [-0.2, 0) is 4.74 Å². The number of carbonyl (C=O) groups is 1. The Balaban J connectivity index is 2.72. The van der Waals surface area contributed by atoms with Gasteiger partial charge < -0.3 is 15.8 Å². The molecule has 0 aliphatic heterocycles. The van der Waals surface area contributed by atoms with Crippen LogP contribution in [0.15, 0.2) is 12.1 Å². The molecular formula is C12H15F3N2O2S. The number of halogens is 3. The SMILES string of the molecule is COC(=O)c1cc(NCCSC(F)(F)F)cc(C)c1N. The molecule has 0 atom stereocenters. The van der Waals surface area contributed by atoms with Crippen LogP contribution >= 0.6 is 11.8 Å². The van der Waals surface area contributed by atoms with E-state index in [0.29, 0.717) is 16.9 Å². The Morgan fingerprint density at radius 2 is 2.10 bits per heavy atom. The van der Waals surface area contributed by atoms with Crippen molar-refractivity contribution in [2.24, 2.45) is 0 Å². The molecular weight excluding hydrogens is 293 g/mol. The first kappa shape index (κ1) is 16.5. The highest BCUT2D eigenvalue weighted by molar-refractivity contribution is 8.00. The van der Waals surface area contributed by atoms with E-state index in [-0.39, 0.29) is 29.6 Å². The smallest absolute Gasteiger partial charge is 0.441 e. The molecule has 20 heavy (non-hydrogen) atoms. The maximum absolute atomic E-state index is 12.0. The number of carbonyl (C=O) groups excluding carboxylic acids is 1. The fourth-order valence-electron chi connectivity index (χ4n) is 1.54. The molecule has 4 nitrogen and oxygen atoms in total. The maximum Gasteiger partial charge on any atom is 0.441 e. The van der Waals surface area contributed by atoms with E-state index in [4.69, 9.17) is 5.73 Å². The summed E-state index contributed by atoms with van der Waals surface area (Å²) in [7, 11) is 1.23. The van der Waals surface area contributed by atoms with Crippen molar-refractivity contribution in [3.63, 3.8) is 0 Å². The van der Waals surface area contributed by atoms with Gasteiger partial charge in [0.25, 0.3) is 0 Å². The summed E-state index contributed by atoms with van der Waals surface area (Å²) in [5, 5.41) is 2.82. The van der Waals surface area contributed by atoms with Gasteiger partial charge in [-0.15, -0.1) is 0 Å². The predicted molar refractivity (Wildman–Crippen MR) is 73.9 cm³/mol.